The van der Waals surface area contributed by atoms with Gasteiger partial charge in [-0.25, -0.2) is 0 Å². The van der Waals surface area contributed by atoms with Gasteiger partial charge in [0, 0.05) is 19.1 Å². The maximum Gasteiger partial charge on any atom is 0.249 e. The molecule has 0 aromatic carbocycles. The van der Waals surface area contributed by atoms with Gasteiger partial charge in [0.1, 0.15) is 42.2 Å². The fourth-order valence-corrected chi connectivity index (χ4v) is 5.97. The van der Waals surface area contributed by atoms with Crippen LogP contribution in [0.2, 0.25) is 0 Å². The number of carbonyl (C=O) groups excluding carboxylic acids is 1. The molecule has 0 aromatic heterocycles. The SMILES string of the molecule is NCCCNCC1(O)C(O[C@H]2OC(CN)CCC2N)[C@@H](N)C[C@@H](NC(=O)[C@@H](O)CCN)[C@@H]1O[C@H]1OC(CO)[C@@H](O)[C@H](N)C1O. The van der Waals surface area contributed by atoms with Gasteiger partial charge in [-0.15, -0.1) is 0 Å². The Morgan fingerprint density at radius 3 is 2.32 bits per heavy atom. The number of rotatable bonds is 15. The highest BCUT2D eigenvalue weighted by Crippen LogP contribution is 2.37. The minimum atomic E-state index is -2.06. The number of aliphatic hydroxyl groups is 5. The van der Waals surface area contributed by atoms with Crippen LogP contribution in [0.3, 0.4) is 0 Å². The molecule has 0 bridgehead atoms. The number of aliphatic hydroxyl groups excluding tert-OH is 4. The summed E-state index contributed by atoms with van der Waals surface area (Å²) in [5.74, 6) is -0.784. The van der Waals surface area contributed by atoms with Crippen molar-refractivity contribution in [3.05, 3.63) is 0 Å². The Morgan fingerprint density at radius 1 is 0.977 bits per heavy atom. The number of amides is 1. The zero-order valence-electron chi connectivity index (χ0n) is 25.0. The Hall–Kier alpha value is -1.17. The molecule has 258 valence electrons. The van der Waals surface area contributed by atoms with Crippen LogP contribution in [0, 0.1) is 0 Å². The summed E-state index contributed by atoms with van der Waals surface area (Å²) in [5, 5.41) is 59.7. The van der Waals surface area contributed by atoms with Crippen LogP contribution >= 0.6 is 0 Å². The van der Waals surface area contributed by atoms with E-state index >= 15 is 0 Å². The van der Waals surface area contributed by atoms with Gasteiger partial charge in [0.15, 0.2) is 12.6 Å². The van der Waals surface area contributed by atoms with Crippen LogP contribution < -0.4 is 45.0 Å². The lowest BCUT2D eigenvalue weighted by Gasteiger charge is -2.54. The van der Waals surface area contributed by atoms with Crippen LogP contribution in [0.15, 0.2) is 0 Å². The molecule has 3 rings (SSSR count). The Kier molecular flexibility index (Phi) is 14.5. The third-order valence-electron chi connectivity index (χ3n) is 8.56. The van der Waals surface area contributed by atoms with E-state index in [1.807, 2.05) is 0 Å². The highest BCUT2D eigenvalue weighted by atomic mass is 16.7. The zero-order valence-corrected chi connectivity index (χ0v) is 25.0. The molecule has 19 N–H and O–H groups in total. The summed E-state index contributed by atoms with van der Waals surface area (Å²) in [4.78, 5) is 13.0. The minimum absolute atomic E-state index is 0.0231. The number of nitrogens with one attached hydrogen (secondary N) is 2. The van der Waals surface area contributed by atoms with Crippen LogP contribution in [0.4, 0.5) is 0 Å². The minimum Gasteiger partial charge on any atom is -0.394 e. The zero-order chi connectivity index (χ0) is 32.6. The Labute approximate surface area is 257 Å². The molecule has 6 unspecified atom stereocenters. The molecule has 1 amide bonds. The van der Waals surface area contributed by atoms with Crippen molar-refractivity contribution in [2.45, 2.75) is 117 Å². The fraction of sp³-hybridized carbons (Fsp3) is 0.962. The van der Waals surface area contributed by atoms with Gasteiger partial charge < -0.3 is 89.5 Å². The molecule has 18 nitrogen and oxygen atoms in total. The third kappa shape index (κ3) is 8.79. The van der Waals surface area contributed by atoms with Gasteiger partial charge >= 0.3 is 0 Å². The molecular formula is C26H54N8O10. The lowest BCUT2D eigenvalue weighted by molar-refractivity contribution is -0.332. The number of nitrogens with two attached hydrogens (primary N) is 6. The topological polar surface area (TPSA) is 335 Å². The highest BCUT2D eigenvalue weighted by molar-refractivity contribution is 5.80. The Bertz CT molecular complexity index is 883. The van der Waals surface area contributed by atoms with E-state index in [4.69, 9.17) is 53.3 Å². The standard InChI is InChI=1S/C26H54N8O10/c27-5-1-7-33-11-26(40)21(43-24-13(30)3-2-12(9-29)41-24)14(31)8-15(34-23(39)16(36)4-6-28)22(26)44-25-20(38)18(32)19(37)17(10-35)42-25/h12-22,24-25,33,35-38,40H,1-11,27-32H2,(H,34,39)/t12?,13?,14-,15+,16-,17?,18-,19+,20?,21?,22-,24+,25+,26?/m0/s1. The van der Waals surface area contributed by atoms with Crippen molar-refractivity contribution >= 4 is 5.91 Å². The summed E-state index contributed by atoms with van der Waals surface area (Å²) in [5.41, 5.74) is 33.9. The summed E-state index contributed by atoms with van der Waals surface area (Å²) in [6, 6.07) is -3.82. The fourth-order valence-electron chi connectivity index (χ4n) is 5.97. The predicted octanol–water partition coefficient (Wildman–Crippen LogP) is -7.09. The summed E-state index contributed by atoms with van der Waals surface area (Å²) in [6.07, 6.45) is -9.50. The van der Waals surface area contributed by atoms with Crippen LogP contribution in [0.5, 0.6) is 0 Å². The lowest BCUT2D eigenvalue weighted by atomic mass is 9.73. The molecule has 1 saturated carbocycles. The molecule has 2 saturated heterocycles. The van der Waals surface area contributed by atoms with Crippen molar-refractivity contribution in [3.8, 4) is 0 Å². The van der Waals surface area contributed by atoms with Crippen LogP contribution in [0.1, 0.15) is 32.1 Å². The van der Waals surface area contributed by atoms with Gasteiger partial charge in [-0.1, -0.05) is 0 Å². The third-order valence-corrected chi connectivity index (χ3v) is 8.56. The Morgan fingerprint density at radius 2 is 1.68 bits per heavy atom. The van der Waals surface area contributed by atoms with Gasteiger partial charge in [-0.05, 0) is 51.7 Å². The number of hydrogen-bond acceptors (Lipinski definition) is 17. The van der Waals surface area contributed by atoms with E-state index in [1.165, 1.54) is 0 Å². The first-order chi connectivity index (χ1) is 20.9. The average Bonchev–Trinajstić information content (AvgIpc) is 3.00. The number of carbonyl (C=O) groups is 1. The lowest BCUT2D eigenvalue weighted by Crippen LogP contribution is -2.76. The second-order valence-corrected chi connectivity index (χ2v) is 11.9. The highest BCUT2D eigenvalue weighted by Gasteiger charge is 2.59. The number of ether oxygens (including phenoxy) is 4. The van der Waals surface area contributed by atoms with E-state index < -0.39 is 91.5 Å². The van der Waals surface area contributed by atoms with Gasteiger partial charge in [0.05, 0.1) is 30.8 Å². The summed E-state index contributed by atoms with van der Waals surface area (Å²) >= 11 is 0. The second-order valence-electron chi connectivity index (χ2n) is 11.9. The monoisotopic (exact) mass is 638 g/mol. The largest absolute Gasteiger partial charge is 0.394 e. The quantitative estimate of drug-likeness (QED) is 0.0741. The van der Waals surface area contributed by atoms with Gasteiger partial charge in [0.25, 0.3) is 0 Å². The van der Waals surface area contributed by atoms with Crippen LogP contribution in [-0.2, 0) is 23.7 Å². The molecule has 0 spiro atoms. The van der Waals surface area contributed by atoms with Crippen LogP contribution in [0.25, 0.3) is 0 Å². The van der Waals surface area contributed by atoms with E-state index in [2.05, 4.69) is 10.6 Å². The molecule has 2 heterocycles. The van der Waals surface area contributed by atoms with Crippen molar-refractivity contribution in [3.63, 3.8) is 0 Å². The normalized spacial score (nSPS) is 42.2. The molecule has 18 heteroatoms. The molecule has 3 fully saturated rings. The molecule has 0 aromatic rings. The molecule has 2 aliphatic heterocycles. The van der Waals surface area contributed by atoms with Gasteiger partial charge in [-0.2, -0.15) is 0 Å². The maximum atomic E-state index is 13.0. The molecule has 14 atom stereocenters. The molecule has 3 aliphatic rings. The smallest absolute Gasteiger partial charge is 0.249 e. The first kappa shape index (κ1) is 37.3. The van der Waals surface area contributed by atoms with E-state index in [0.29, 0.717) is 32.4 Å². The average molecular weight is 639 g/mol. The second kappa shape index (κ2) is 17.1. The predicted molar refractivity (Wildman–Crippen MR) is 156 cm³/mol. The molecular weight excluding hydrogens is 584 g/mol. The summed E-state index contributed by atoms with van der Waals surface area (Å²) in [6.45, 7) is 0.197. The maximum absolute atomic E-state index is 13.0. The molecule has 44 heavy (non-hydrogen) atoms. The van der Waals surface area contributed by atoms with Crippen LogP contribution in [-0.4, -0.2) is 156 Å². The van der Waals surface area contributed by atoms with Gasteiger partial charge in [0.2, 0.25) is 5.91 Å². The summed E-state index contributed by atoms with van der Waals surface area (Å²) in [7, 11) is 0. The Balaban J connectivity index is 2.01. The van der Waals surface area contributed by atoms with Gasteiger partial charge in [-0.3, -0.25) is 4.79 Å². The van der Waals surface area contributed by atoms with Crippen molar-refractivity contribution < 1.29 is 49.3 Å². The molecule has 0 radical (unpaired) electrons. The molecule has 1 aliphatic carbocycles. The van der Waals surface area contributed by atoms with Crippen molar-refractivity contribution in [2.75, 3.05) is 39.3 Å². The summed E-state index contributed by atoms with van der Waals surface area (Å²) < 4.78 is 24.2. The van der Waals surface area contributed by atoms with E-state index in [1.54, 1.807) is 0 Å². The number of hydrogen-bond donors (Lipinski definition) is 13. The van der Waals surface area contributed by atoms with E-state index in [0.717, 1.165) is 0 Å². The first-order valence-electron chi connectivity index (χ1n) is 15.3. The van der Waals surface area contributed by atoms with E-state index in [9.17, 15) is 30.3 Å². The van der Waals surface area contributed by atoms with Crippen molar-refractivity contribution in [2.24, 2.45) is 34.4 Å². The van der Waals surface area contributed by atoms with Crippen molar-refractivity contribution in [1.29, 1.82) is 0 Å². The van der Waals surface area contributed by atoms with E-state index in [-0.39, 0.29) is 38.6 Å². The van der Waals surface area contributed by atoms with Crippen molar-refractivity contribution in [1.82, 2.24) is 10.6 Å². The first-order valence-corrected chi connectivity index (χ1v) is 15.3.